The highest BCUT2D eigenvalue weighted by atomic mass is 16.5. The SMILES string of the molecule is CC(=O)Oc1ccc2c(c1)c(=O)[nH]c1ncnn12. The summed E-state index contributed by atoms with van der Waals surface area (Å²) in [5, 5.41) is 4.39. The van der Waals surface area contributed by atoms with Gasteiger partial charge in [0, 0.05) is 6.92 Å². The maximum atomic E-state index is 11.9. The largest absolute Gasteiger partial charge is 0.427 e. The van der Waals surface area contributed by atoms with Gasteiger partial charge in [0.2, 0.25) is 5.78 Å². The van der Waals surface area contributed by atoms with Crippen molar-refractivity contribution in [3.8, 4) is 5.75 Å². The van der Waals surface area contributed by atoms with Crippen LogP contribution in [0.15, 0.2) is 29.3 Å². The number of H-pyrrole nitrogens is 1. The molecule has 18 heavy (non-hydrogen) atoms. The molecule has 90 valence electrons. The molecule has 7 heteroatoms. The van der Waals surface area contributed by atoms with Gasteiger partial charge in [-0.3, -0.25) is 14.6 Å². The lowest BCUT2D eigenvalue weighted by molar-refractivity contribution is -0.131. The molecule has 0 amide bonds. The Morgan fingerprint density at radius 1 is 1.44 bits per heavy atom. The first-order valence-electron chi connectivity index (χ1n) is 5.19. The molecule has 7 nitrogen and oxygen atoms in total. The van der Waals surface area contributed by atoms with Gasteiger partial charge in [0.25, 0.3) is 5.56 Å². The summed E-state index contributed by atoms with van der Waals surface area (Å²) in [6.45, 7) is 1.30. The number of hydrogen-bond donors (Lipinski definition) is 1. The molecule has 0 spiro atoms. The van der Waals surface area contributed by atoms with E-state index in [1.807, 2.05) is 0 Å². The molecule has 3 rings (SSSR count). The van der Waals surface area contributed by atoms with Gasteiger partial charge in [0.1, 0.15) is 12.1 Å². The molecule has 1 aromatic carbocycles. The summed E-state index contributed by atoms with van der Waals surface area (Å²) in [7, 11) is 0. The zero-order chi connectivity index (χ0) is 12.7. The van der Waals surface area contributed by atoms with E-state index in [1.165, 1.54) is 23.8 Å². The topological polar surface area (TPSA) is 89.4 Å². The molecule has 3 aromatic rings. The number of benzene rings is 1. The van der Waals surface area contributed by atoms with Crippen LogP contribution in [0.25, 0.3) is 16.7 Å². The van der Waals surface area contributed by atoms with E-state index >= 15 is 0 Å². The zero-order valence-electron chi connectivity index (χ0n) is 9.38. The second kappa shape index (κ2) is 3.66. The molecule has 0 saturated heterocycles. The Bertz CT molecular complexity index is 818. The Balaban J connectivity index is 2.34. The number of carbonyl (C=O) groups is 1. The van der Waals surface area contributed by atoms with Crippen LogP contribution in [0.1, 0.15) is 6.92 Å². The van der Waals surface area contributed by atoms with E-state index in [9.17, 15) is 9.59 Å². The van der Waals surface area contributed by atoms with Crippen molar-refractivity contribution in [2.75, 3.05) is 0 Å². The Hall–Kier alpha value is -2.70. The van der Waals surface area contributed by atoms with Gasteiger partial charge in [-0.1, -0.05) is 0 Å². The lowest BCUT2D eigenvalue weighted by atomic mass is 10.2. The van der Waals surface area contributed by atoms with Crippen LogP contribution in [0, 0.1) is 0 Å². The van der Waals surface area contributed by atoms with E-state index in [0.29, 0.717) is 22.4 Å². The van der Waals surface area contributed by atoms with E-state index in [1.54, 1.807) is 12.1 Å². The summed E-state index contributed by atoms with van der Waals surface area (Å²) in [5.41, 5.74) is 0.293. The highest BCUT2D eigenvalue weighted by Gasteiger charge is 2.08. The Morgan fingerprint density at radius 3 is 3.06 bits per heavy atom. The minimum atomic E-state index is -0.437. The molecule has 0 aliphatic heterocycles. The molecule has 0 radical (unpaired) electrons. The van der Waals surface area contributed by atoms with Crippen LogP contribution in [-0.4, -0.2) is 25.6 Å². The summed E-state index contributed by atoms with van der Waals surface area (Å²) in [6.07, 6.45) is 1.35. The van der Waals surface area contributed by atoms with Crippen LogP contribution in [0.3, 0.4) is 0 Å². The fourth-order valence-electron chi connectivity index (χ4n) is 1.78. The van der Waals surface area contributed by atoms with E-state index < -0.39 is 5.97 Å². The molecule has 1 N–H and O–H groups in total. The number of aromatic amines is 1. The summed E-state index contributed by atoms with van der Waals surface area (Å²) >= 11 is 0. The van der Waals surface area contributed by atoms with Crippen LogP contribution in [-0.2, 0) is 4.79 Å². The number of ether oxygens (including phenoxy) is 1. The first kappa shape index (κ1) is 10.5. The fourth-order valence-corrected chi connectivity index (χ4v) is 1.78. The van der Waals surface area contributed by atoms with Crippen molar-refractivity contribution in [2.24, 2.45) is 0 Å². The minimum absolute atomic E-state index is 0.306. The van der Waals surface area contributed by atoms with Gasteiger partial charge in [0.15, 0.2) is 0 Å². The predicted molar refractivity (Wildman–Crippen MR) is 62.4 cm³/mol. The van der Waals surface area contributed by atoms with Crippen LogP contribution in [0.4, 0.5) is 0 Å². The average Bonchev–Trinajstić information content (AvgIpc) is 2.76. The van der Waals surface area contributed by atoms with E-state index in [2.05, 4.69) is 15.1 Å². The molecule has 2 aromatic heterocycles. The Morgan fingerprint density at radius 2 is 2.28 bits per heavy atom. The number of aromatic nitrogens is 4. The van der Waals surface area contributed by atoms with Crippen molar-refractivity contribution in [3.63, 3.8) is 0 Å². The predicted octanol–water partition coefficient (Wildman–Crippen LogP) is 0.496. The van der Waals surface area contributed by atoms with E-state index in [-0.39, 0.29) is 5.56 Å². The summed E-state index contributed by atoms with van der Waals surface area (Å²) in [4.78, 5) is 29.2. The molecule has 0 unspecified atom stereocenters. The number of hydrogen-bond acceptors (Lipinski definition) is 5. The van der Waals surface area contributed by atoms with E-state index in [0.717, 1.165) is 0 Å². The third kappa shape index (κ3) is 1.53. The third-order valence-electron chi connectivity index (χ3n) is 2.48. The second-order valence-electron chi connectivity index (χ2n) is 3.72. The highest BCUT2D eigenvalue weighted by Crippen LogP contribution is 2.18. The maximum Gasteiger partial charge on any atom is 0.308 e. The van der Waals surface area contributed by atoms with Crippen LogP contribution >= 0.6 is 0 Å². The maximum absolute atomic E-state index is 11.9. The van der Waals surface area contributed by atoms with Gasteiger partial charge >= 0.3 is 5.97 Å². The van der Waals surface area contributed by atoms with Gasteiger partial charge in [-0.2, -0.15) is 14.6 Å². The number of carbonyl (C=O) groups excluding carboxylic acids is 1. The molecule has 0 saturated carbocycles. The number of fused-ring (bicyclic) bond motifs is 3. The van der Waals surface area contributed by atoms with Gasteiger partial charge in [0.05, 0.1) is 10.9 Å². The molecular weight excluding hydrogens is 236 g/mol. The highest BCUT2D eigenvalue weighted by molar-refractivity contribution is 5.82. The molecule has 0 aliphatic carbocycles. The molecule has 0 bridgehead atoms. The van der Waals surface area contributed by atoms with Gasteiger partial charge in [-0.05, 0) is 18.2 Å². The quantitative estimate of drug-likeness (QED) is 0.497. The third-order valence-corrected chi connectivity index (χ3v) is 2.48. The first-order chi connectivity index (χ1) is 8.65. The lowest BCUT2D eigenvalue weighted by Gasteiger charge is -2.03. The van der Waals surface area contributed by atoms with Gasteiger partial charge in [-0.15, -0.1) is 0 Å². The first-order valence-corrected chi connectivity index (χ1v) is 5.19. The number of esters is 1. The molecule has 2 heterocycles. The second-order valence-corrected chi connectivity index (χ2v) is 3.72. The van der Waals surface area contributed by atoms with Crippen molar-refractivity contribution in [3.05, 3.63) is 34.9 Å². The number of rotatable bonds is 1. The monoisotopic (exact) mass is 244 g/mol. The fraction of sp³-hybridized carbons (Fsp3) is 0.0909. The summed E-state index contributed by atoms with van der Waals surface area (Å²) in [6, 6.07) is 4.76. The van der Waals surface area contributed by atoms with Crippen LogP contribution < -0.4 is 10.3 Å². The van der Waals surface area contributed by atoms with Crippen molar-refractivity contribution in [1.82, 2.24) is 19.6 Å². The van der Waals surface area contributed by atoms with Gasteiger partial charge in [-0.25, -0.2) is 0 Å². The Kier molecular flexibility index (Phi) is 2.12. The van der Waals surface area contributed by atoms with Gasteiger partial charge < -0.3 is 4.74 Å². The van der Waals surface area contributed by atoms with Crippen molar-refractivity contribution in [2.45, 2.75) is 6.92 Å². The average molecular weight is 244 g/mol. The Labute approximate surface area is 100 Å². The number of nitrogens with zero attached hydrogens (tertiary/aromatic N) is 3. The molecule has 0 fully saturated rings. The molecular formula is C11H8N4O3. The minimum Gasteiger partial charge on any atom is -0.427 e. The zero-order valence-corrected chi connectivity index (χ0v) is 9.38. The normalized spacial score (nSPS) is 10.9. The van der Waals surface area contributed by atoms with Crippen molar-refractivity contribution < 1.29 is 9.53 Å². The van der Waals surface area contributed by atoms with Crippen molar-refractivity contribution >= 4 is 22.6 Å². The van der Waals surface area contributed by atoms with Crippen LogP contribution in [0.2, 0.25) is 0 Å². The lowest BCUT2D eigenvalue weighted by Crippen LogP contribution is -2.11. The van der Waals surface area contributed by atoms with Crippen LogP contribution in [0.5, 0.6) is 5.75 Å². The van der Waals surface area contributed by atoms with E-state index in [4.69, 9.17) is 4.74 Å². The summed E-state index contributed by atoms with van der Waals surface area (Å²) < 4.78 is 6.44. The molecule has 0 atom stereocenters. The smallest absolute Gasteiger partial charge is 0.308 e. The summed E-state index contributed by atoms with van der Waals surface area (Å²) in [5.74, 6) is 0.250. The standard InChI is InChI=1S/C11H8N4O3/c1-6(16)18-7-2-3-9-8(4-7)10(17)14-11-12-5-13-15(9)11/h2-5H,1H3,(H,12,13,14,17). The molecule has 0 aliphatic rings. The number of nitrogens with one attached hydrogen (secondary N) is 1. The van der Waals surface area contributed by atoms with Crippen molar-refractivity contribution in [1.29, 1.82) is 0 Å².